The molecule has 2 atom stereocenters. The molecule has 0 N–H and O–H groups in total. The maximum atomic E-state index is 13.5. The molecular formula is C22H23NO5S. The maximum Gasteiger partial charge on any atom is 0.329 e. The van der Waals surface area contributed by atoms with E-state index in [0.29, 0.717) is 29.4 Å². The average molecular weight is 413 g/mol. The lowest BCUT2D eigenvalue weighted by molar-refractivity contribution is -0.148. The largest absolute Gasteiger partial charge is 0.464 e. The van der Waals surface area contributed by atoms with Gasteiger partial charge in [-0.25, -0.2) is 4.79 Å². The van der Waals surface area contributed by atoms with Gasteiger partial charge < -0.3 is 19.1 Å². The van der Waals surface area contributed by atoms with E-state index in [1.165, 1.54) is 0 Å². The van der Waals surface area contributed by atoms with E-state index in [1.807, 2.05) is 37.3 Å². The van der Waals surface area contributed by atoms with E-state index in [0.717, 1.165) is 18.4 Å². The van der Waals surface area contributed by atoms with Crippen molar-refractivity contribution in [2.75, 3.05) is 19.2 Å². The zero-order chi connectivity index (χ0) is 20.2. The number of nitrogens with zero attached hydrogens (tertiary/aromatic N) is 1. The second kappa shape index (κ2) is 8.78. The van der Waals surface area contributed by atoms with Crippen LogP contribution in [0.2, 0.25) is 0 Å². The maximum absolute atomic E-state index is 13.5. The zero-order valence-corrected chi connectivity index (χ0v) is 17.0. The van der Waals surface area contributed by atoms with E-state index in [2.05, 4.69) is 0 Å². The zero-order valence-electron chi connectivity index (χ0n) is 16.2. The Labute approximate surface area is 174 Å². The van der Waals surface area contributed by atoms with Gasteiger partial charge in [-0.05, 0) is 30.2 Å². The van der Waals surface area contributed by atoms with Gasteiger partial charge in [0.05, 0.1) is 6.61 Å². The van der Waals surface area contributed by atoms with Crippen LogP contribution in [0.4, 0.5) is 0 Å². The summed E-state index contributed by atoms with van der Waals surface area (Å²) in [6.45, 7) is 2.56. The van der Waals surface area contributed by atoms with Crippen molar-refractivity contribution >= 4 is 23.6 Å². The summed E-state index contributed by atoms with van der Waals surface area (Å²) in [4.78, 5) is 27.9. The van der Waals surface area contributed by atoms with Crippen molar-refractivity contribution in [3.8, 4) is 11.5 Å². The Balaban J connectivity index is 1.63. The van der Waals surface area contributed by atoms with E-state index in [1.54, 1.807) is 34.9 Å². The van der Waals surface area contributed by atoms with Crippen molar-refractivity contribution < 1.29 is 23.8 Å². The molecule has 0 aromatic heterocycles. The molecule has 2 aromatic rings. The summed E-state index contributed by atoms with van der Waals surface area (Å²) >= 11 is 1.58. The molecule has 2 aliphatic rings. The van der Waals surface area contributed by atoms with E-state index in [-0.39, 0.29) is 24.0 Å². The number of hydrogen-bond acceptors (Lipinski definition) is 6. The highest BCUT2D eigenvalue weighted by Gasteiger charge is 2.43. The second-order valence-electron chi connectivity index (χ2n) is 6.91. The van der Waals surface area contributed by atoms with Crippen molar-refractivity contribution in [3.05, 3.63) is 59.7 Å². The van der Waals surface area contributed by atoms with Crippen LogP contribution in [-0.2, 0) is 9.53 Å². The van der Waals surface area contributed by atoms with Crippen molar-refractivity contribution in [2.24, 2.45) is 0 Å². The lowest BCUT2D eigenvalue weighted by atomic mass is 10.1. The van der Waals surface area contributed by atoms with Gasteiger partial charge in [0.2, 0.25) is 6.79 Å². The Kier molecular flexibility index (Phi) is 5.94. The lowest BCUT2D eigenvalue weighted by Crippen LogP contribution is -2.44. The van der Waals surface area contributed by atoms with Crippen LogP contribution in [0, 0.1) is 0 Å². The third-order valence-corrected chi connectivity index (χ3v) is 6.28. The normalized spacial score (nSPS) is 20.0. The minimum absolute atomic E-state index is 0.144. The Morgan fingerprint density at radius 3 is 2.72 bits per heavy atom. The Hall–Kier alpha value is -2.67. The standard InChI is InChI=1S/C22H23NO5S/c1-2-3-11-26-22(25)17-13-29-21(15-7-5-4-6-8-15)23(17)20(24)16-9-10-18-19(12-16)28-14-27-18/h4-10,12,17,21H,2-3,11,13-14H2,1H3/t17-,21-/m0/s1. The Morgan fingerprint density at radius 1 is 1.14 bits per heavy atom. The van der Waals surface area contributed by atoms with Crippen LogP contribution in [0.15, 0.2) is 48.5 Å². The molecular weight excluding hydrogens is 390 g/mol. The number of unbranched alkanes of at least 4 members (excludes halogenated alkanes) is 1. The number of esters is 1. The first-order valence-corrected chi connectivity index (χ1v) is 10.8. The number of thioether (sulfide) groups is 1. The minimum atomic E-state index is -0.625. The summed E-state index contributed by atoms with van der Waals surface area (Å²) in [6, 6.07) is 14.2. The molecule has 29 heavy (non-hydrogen) atoms. The monoisotopic (exact) mass is 413 g/mol. The van der Waals surface area contributed by atoms with Gasteiger partial charge in [-0.15, -0.1) is 11.8 Å². The number of carbonyl (C=O) groups is 2. The van der Waals surface area contributed by atoms with Crippen LogP contribution < -0.4 is 9.47 Å². The molecule has 0 spiro atoms. The number of ether oxygens (including phenoxy) is 3. The fourth-order valence-electron chi connectivity index (χ4n) is 3.40. The van der Waals surface area contributed by atoms with Crippen LogP contribution in [0.25, 0.3) is 0 Å². The van der Waals surface area contributed by atoms with E-state index in [9.17, 15) is 9.59 Å². The molecule has 152 valence electrons. The molecule has 6 nitrogen and oxygen atoms in total. The number of fused-ring (bicyclic) bond motifs is 1. The van der Waals surface area contributed by atoms with E-state index >= 15 is 0 Å². The molecule has 0 bridgehead atoms. The lowest BCUT2D eigenvalue weighted by Gasteiger charge is -2.28. The Morgan fingerprint density at radius 2 is 1.93 bits per heavy atom. The summed E-state index contributed by atoms with van der Waals surface area (Å²) in [5, 5.41) is -0.252. The van der Waals surface area contributed by atoms with E-state index < -0.39 is 6.04 Å². The van der Waals surface area contributed by atoms with Gasteiger partial charge in [-0.3, -0.25) is 4.79 Å². The molecule has 2 heterocycles. The molecule has 0 aliphatic carbocycles. The van der Waals surface area contributed by atoms with Gasteiger partial charge in [0.1, 0.15) is 11.4 Å². The summed E-state index contributed by atoms with van der Waals surface area (Å²) in [7, 11) is 0. The van der Waals surface area contributed by atoms with Crippen molar-refractivity contribution in [3.63, 3.8) is 0 Å². The van der Waals surface area contributed by atoms with Crippen LogP contribution >= 0.6 is 11.8 Å². The summed E-state index contributed by atoms with van der Waals surface area (Å²) in [5.41, 5.74) is 1.44. The van der Waals surface area contributed by atoms with Crippen molar-refractivity contribution in [1.82, 2.24) is 4.90 Å². The summed E-state index contributed by atoms with van der Waals surface area (Å²) in [5.74, 6) is 1.09. The third-order valence-electron chi connectivity index (χ3n) is 4.95. The van der Waals surface area contributed by atoms with Crippen LogP contribution in [0.1, 0.15) is 41.1 Å². The van der Waals surface area contributed by atoms with Gasteiger partial charge in [0.25, 0.3) is 5.91 Å². The Bertz CT molecular complexity index is 888. The molecule has 1 amide bonds. The number of amides is 1. The average Bonchev–Trinajstić information content (AvgIpc) is 3.40. The minimum Gasteiger partial charge on any atom is -0.464 e. The van der Waals surface area contributed by atoms with Gasteiger partial charge in [-0.2, -0.15) is 0 Å². The third kappa shape index (κ3) is 4.05. The quantitative estimate of drug-likeness (QED) is 0.527. The van der Waals surface area contributed by atoms with Gasteiger partial charge in [0.15, 0.2) is 11.5 Å². The number of hydrogen-bond donors (Lipinski definition) is 0. The molecule has 2 aromatic carbocycles. The molecule has 7 heteroatoms. The molecule has 0 saturated carbocycles. The molecule has 4 rings (SSSR count). The predicted octanol–water partition coefficient (Wildman–Crippen LogP) is 4.02. The first-order valence-electron chi connectivity index (χ1n) is 9.74. The fraction of sp³-hybridized carbons (Fsp3) is 0.364. The highest BCUT2D eigenvalue weighted by atomic mass is 32.2. The SMILES string of the molecule is CCCCOC(=O)[C@@H]1CS[C@@H](c2ccccc2)N1C(=O)c1ccc2c(c1)OCO2. The fourth-order valence-corrected chi connectivity index (χ4v) is 4.82. The first kappa shape index (κ1) is 19.6. The smallest absolute Gasteiger partial charge is 0.329 e. The molecule has 0 radical (unpaired) electrons. The highest BCUT2D eigenvalue weighted by molar-refractivity contribution is 7.99. The van der Waals surface area contributed by atoms with Crippen LogP contribution in [0.3, 0.4) is 0 Å². The van der Waals surface area contributed by atoms with Gasteiger partial charge in [0, 0.05) is 11.3 Å². The summed E-state index contributed by atoms with van der Waals surface area (Å²) < 4.78 is 16.2. The molecule has 1 saturated heterocycles. The highest BCUT2D eigenvalue weighted by Crippen LogP contribution is 2.43. The number of carbonyl (C=O) groups excluding carboxylic acids is 2. The van der Waals surface area contributed by atoms with Crippen molar-refractivity contribution in [2.45, 2.75) is 31.2 Å². The number of rotatable bonds is 6. The molecule has 0 unspecified atom stereocenters. The van der Waals surface area contributed by atoms with Crippen LogP contribution in [-0.4, -0.2) is 42.0 Å². The second-order valence-corrected chi connectivity index (χ2v) is 8.03. The first-order chi connectivity index (χ1) is 14.2. The topological polar surface area (TPSA) is 65.1 Å². The molecule has 1 fully saturated rings. The van der Waals surface area contributed by atoms with Crippen LogP contribution in [0.5, 0.6) is 11.5 Å². The summed E-state index contributed by atoms with van der Waals surface area (Å²) in [6.07, 6.45) is 1.75. The predicted molar refractivity (Wildman–Crippen MR) is 110 cm³/mol. The van der Waals surface area contributed by atoms with E-state index in [4.69, 9.17) is 14.2 Å². The van der Waals surface area contributed by atoms with Crippen molar-refractivity contribution in [1.29, 1.82) is 0 Å². The van der Waals surface area contributed by atoms with Gasteiger partial charge >= 0.3 is 5.97 Å². The van der Waals surface area contributed by atoms with Gasteiger partial charge in [-0.1, -0.05) is 43.7 Å². The molecule has 2 aliphatic heterocycles. The number of benzene rings is 2.